The van der Waals surface area contributed by atoms with E-state index in [2.05, 4.69) is 62.5 Å². The SMILES string of the molecule is CCCCC/C=C\C/C=C\C/C=C\C/C=C\CCCCCC(=O)OC[C@H](COP(=O)([O-])OCC[N+](C)(C)C)OC(=O)CCCCCCCCCCCCCCCCCCCC. The van der Waals surface area contributed by atoms with Crippen molar-refractivity contribution in [3.05, 3.63) is 48.6 Å². The van der Waals surface area contributed by atoms with Gasteiger partial charge in [0.25, 0.3) is 7.82 Å². The maximum atomic E-state index is 12.7. The second-order valence-corrected chi connectivity index (χ2v) is 19.2. The van der Waals surface area contributed by atoms with E-state index in [1.807, 2.05) is 21.1 Å². The number of esters is 2. The molecule has 0 N–H and O–H groups in total. The van der Waals surface area contributed by atoms with Gasteiger partial charge in [0.15, 0.2) is 6.10 Å². The monoisotopic (exact) mass is 880 g/mol. The van der Waals surface area contributed by atoms with Gasteiger partial charge in [0.05, 0.1) is 27.7 Å². The number of hydrogen-bond acceptors (Lipinski definition) is 8. The van der Waals surface area contributed by atoms with Crippen LogP contribution in [-0.4, -0.2) is 70.0 Å². The van der Waals surface area contributed by atoms with Gasteiger partial charge in [0, 0.05) is 12.8 Å². The predicted octanol–water partition coefficient (Wildman–Crippen LogP) is 14.0. The summed E-state index contributed by atoms with van der Waals surface area (Å²) in [6.45, 7) is 4.18. The first kappa shape index (κ1) is 59.0. The normalized spacial score (nSPS) is 13.9. The molecule has 356 valence electrons. The molecule has 2 atom stereocenters. The van der Waals surface area contributed by atoms with Gasteiger partial charge in [-0.25, -0.2) is 0 Å². The first-order valence-corrected chi connectivity index (χ1v) is 26.3. The van der Waals surface area contributed by atoms with Gasteiger partial charge in [-0.05, 0) is 57.8 Å². The van der Waals surface area contributed by atoms with Crippen LogP contribution in [0.15, 0.2) is 48.6 Å². The molecule has 0 aliphatic rings. The molecule has 0 aliphatic carbocycles. The average Bonchev–Trinajstić information content (AvgIpc) is 3.21. The van der Waals surface area contributed by atoms with E-state index in [0.29, 0.717) is 23.9 Å². The minimum atomic E-state index is -4.64. The summed E-state index contributed by atoms with van der Waals surface area (Å²) < 4.78 is 34.0. The largest absolute Gasteiger partial charge is 0.756 e. The van der Waals surface area contributed by atoms with Crippen LogP contribution in [-0.2, 0) is 32.7 Å². The van der Waals surface area contributed by atoms with Crippen molar-refractivity contribution in [2.24, 2.45) is 0 Å². The van der Waals surface area contributed by atoms with Crippen LogP contribution in [0.25, 0.3) is 0 Å². The minimum Gasteiger partial charge on any atom is -0.756 e. The van der Waals surface area contributed by atoms with Crippen LogP contribution < -0.4 is 4.89 Å². The number of unbranched alkanes of at least 4 members (excludes halogenated alkanes) is 23. The second-order valence-electron chi connectivity index (χ2n) is 17.8. The Morgan fingerprint density at radius 1 is 0.508 bits per heavy atom. The summed E-state index contributed by atoms with van der Waals surface area (Å²) in [5, 5.41) is 0. The molecule has 0 rings (SSSR count). The van der Waals surface area contributed by atoms with Crippen LogP contribution in [0.1, 0.15) is 213 Å². The fourth-order valence-electron chi connectivity index (χ4n) is 6.70. The predicted molar refractivity (Wildman–Crippen MR) is 254 cm³/mol. The van der Waals surface area contributed by atoms with E-state index in [-0.39, 0.29) is 26.1 Å². The van der Waals surface area contributed by atoms with Crippen molar-refractivity contribution in [3.8, 4) is 0 Å². The van der Waals surface area contributed by atoms with Crippen LogP contribution in [0.4, 0.5) is 0 Å². The molecular weight excluding hydrogens is 786 g/mol. The Morgan fingerprint density at radius 2 is 0.885 bits per heavy atom. The van der Waals surface area contributed by atoms with Crippen LogP contribution in [0, 0.1) is 0 Å². The van der Waals surface area contributed by atoms with Gasteiger partial charge in [-0.15, -0.1) is 0 Å². The summed E-state index contributed by atoms with van der Waals surface area (Å²) in [7, 11) is 1.15. The number of hydrogen-bond donors (Lipinski definition) is 0. The van der Waals surface area contributed by atoms with E-state index in [1.54, 1.807) is 0 Å². The number of quaternary nitrogens is 1. The van der Waals surface area contributed by atoms with E-state index in [0.717, 1.165) is 57.8 Å². The highest BCUT2D eigenvalue weighted by atomic mass is 31.2. The van der Waals surface area contributed by atoms with Crippen molar-refractivity contribution >= 4 is 19.8 Å². The molecule has 9 nitrogen and oxygen atoms in total. The fraction of sp³-hybridized carbons (Fsp3) is 0.804. The molecule has 0 aromatic heterocycles. The first-order chi connectivity index (χ1) is 29.5. The van der Waals surface area contributed by atoms with E-state index in [1.165, 1.54) is 116 Å². The molecule has 0 heterocycles. The molecule has 0 amide bonds. The van der Waals surface area contributed by atoms with Crippen molar-refractivity contribution in [3.63, 3.8) is 0 Å². The number of nitrogens with zero attached hydrogens (tertiary/aromatic N) is 1. The summed E-state index contributed by atoms with van der Waals surface area (Å²) in [5.41, 5.74) is 0. The molecule has 0 radical (unpaired) electrons. The zero-order valence-corrected chi connectivity index (χ0v) is 41.0. The number of carbonyl (C=O) groups excluding carboxylic acids is 2. The highest BCUT2D eigenvalue weighted by Gasteiger charge is 2.21. The molecule has 0 fully saturated rings. The Balaban J connectivity index is 4.33. The standard InChI is InChI=1S/C51H94NO8P/c1-6-8-10-12-14-16-18-20-22-24-26-28-29-31-33-35-37-39-41-43-50(53)57-47-49(48-59-61(55,56)58-46-45-52(3,4)5)60-51(54)44-42-40-38-36-34-32-30-27-25-23-21-19-17-15-13-11-9-7-2/h14,16,20,22,26,28,31,33,49H,6-13,15,17-19,21,23-25,27,29-30,32,34-48H2,1-5H3/b16-14-,22-20-,28-26-,33-31-/t49-/m1/s1. The van der Waals surface area contributed by atoms with Gasteiger partial charge < -0.3 is 27.9 Å². The number of carbonyl (C=O) groups is 2. The van der Waals surface area contributed by atoms with E-state index in [4.69, 9.17) is 18.5 Å². The summed E-state index contributed by atoms with van der Waals surface area (Å²) in [5.74, 6) is -0.864. The van der Waals surface area contributed by atoms with Crippen LogP contribution in [0.2, 0.25) is 0 Å². The highest BCUT2D eigenvalue weighted by molar-refractivity contribution is 7.45. The molecule has 0 saturated carbocycles. The molecule has 0 aromatic carbocycles. The van der Waals surface area contributed by atoms with Crippen molar-refractivity contribution in [2.45, 2.75) is 219 Å². The molecular formula is C51H94NO8P. The molecule has 1 unspecified atom stereocenters. The van der Waals surface area contributed by atoms with Crippen molar-refractivity contribution in [2.75, 3.05) is 47.5 Å². The number of ether oxygens (including phenoxy) is 2. The number of phosphoric acid groups is 1. The second kappa shape index (κ2) is 43.2. The highest BCUT2D eigenvalue weighted by Crippen LogP contribution is 2.38. The lowest BCUT2D eigenvalue weighted by Gasteiger charge is -2.28. The molecule has 0 aromatic rings. The van der Waals surface area contributed by atoms with E-state index >= 15 is 0 Å². The zero-order chi connectivity index (χ0) is 45.0. The van der Waals surface area contributed by atoms with Gasteiger partial charge in [0.1, 0.15) is 19.8 Å². The van der Waals surface area contributed by atoms with Crippen molar-refractivity contribution in [1.82, 2.24) is 0 Å². The number of likely N-dealkylation sites (N-methyl/N-ethyl adjacent to an activating group) is 1. The van der Waals surface area contributed by atoms with E-state index < -0.39 is 32.5 Å². The Bertz CT molecular complexity index is 1180. The minimum absolute atomic E-state index is 0.0362. The number of phosphoric ester groups is 1. The molecule has 0 bridgehead atoms. The summed E-state index contributed by atoms with van der Waals surface area (Å²) in [4.78, 5) is 37.7. The van der Waals surface area contributed by atoms with Crippen LogP contribution in [0.5, 0.6) is 0 Å². The molecule has 0 saturated heterocycles. The molecule has 0 aliphatic heterocycles. The smallest absolute Gasteiger partial charge is 0.306 e. The maximum absolute atomic E-state index is 12.7. The molecule has 0 spiro atoms. The third kappa shape index (κ3) is 47.3. The maximum Gasteiger partial charge on any atom is 0.306 e. The van der Waals surface area contributed by atoms with Crippen molar-refractivity contribution < 1.29 is 42.1 Å². The van der Waals surface area contributed by atoms with Gasteiger partial charge in [-0.3, -0.25) is 14.2 Å². The summed E-state index contributed by atoms with van der Waals surface area (Å²) in [6, 6.07) is 0. The number of rotatable bonds is 45. The Kier molecular flexibility index (Phi) is 41.8. The Hall–Kier alpha value is -2.03. The van der Waals surface area contributed by atoms with Gasteiger partial charge >= 0.3 is 11.9 Å². The van der Waals surface area contributed by atoms with Gasteiger partial charge in [-0.1, -0.05) is 191 Å². The van der Waals surface area contributed by atoms with Crippen LogP contribution >= 0.6 is 7.82 Å². The zero-order valence-electron chi connectivity index (χ0n) is 40.1. The third-order valence-electron chi connectivity index (χ3n) is 10.6. The fourth-order valence-corrected chi connectivity index (χ4v) is 7.43. The lowest BCUT2D eigenvalue weighted by Crippen LogP contribution is -2.37. The quantitative estimate of drug-likeness (QED) is 0.0195. The average molecular weight is 880 g/mol. The lowest BCUT2D eigenvalue weighted by atomic mass is 10.0. The van der Waals surface area contributed by atoms with Crippen LogP contribution in [0.3, 0.4) is 0 Å². The Morgan fingerprint density at radius 3 is 1.34 bits per heavy atom. The molecule has 61 heavy (non-hydrogen) atoms. The topological polar surface area (TPSA) is 111 Å². The number of allylic oxidation sites excluding steroid dienone is 8. The molecule has 10 heteroatoms. The first-order valence-electron chi connectivity index (χ1n) is 24.8. The summed E-state index contributed by atoms with van der Waals surface area (Å²) >= 11 is 0. The van der Waals surface area contributed by atoms with Crippen molar-refractivity contribution in [1.29, 1.82) is 0 Å². The Labute approximate surface area is 375 Å². The summed E-state index contributed by atoms with van der Waals surface area (Å²) in [6.07, 6.45) is 51.4. The van der Waals surface area contributed by atoms with E-state index in [9.17, 15) is 19.0 Å². The van der Waals surface area contributed by atoms with Gasteiger partial charge in [0.2, 0.25) is 0 Å². The van der Waals surface area contributed by atoms with Gasteiger partial charge in [-0.2, -0.15) is 0 Å². The third-order valence-corrected chi connectivity index (χ3v) is 11.6. The lowest BCUT2D eigenvalue weighted by molar-refractivity contribution is -0.870.